The first-order chi connectivity index (χ1) is 7.18. The van der Waals surface area contributed by atoms with Gasteiger partial charge in [0.25, 0.3) is 0 Å². The number of guanidine groups is 1. The third-order valence-corrected chi connectivity index (χ3v) is 1.31. The van der Waals surface area contributed by atoms with Gasteiger partial charge in [-0.25, -0.2) is 10.9 Å². The van der Waals surface area contributed by atoms with Gasteiger partial charge in [0.1, 0.15) is 0 Å². The first kappa shape index (κ1) is 11.0. The van der Waals surface area contributed by atoms with Gasteiger partial charge >= 0.3 is 0 Å². The molecule has 0 spiro atoms. The van der Waals surface area contributed by atoms with E-state index in [1.807, 2.05) is 5.43 Å². The summed E-state index contributed by atoms with van der Waals surface area (Å²) in [6.07, 6.45) is 4.67. The van der Waals surface area contributed by atoms with Crippen molar-refractivity contribution in [2.24, 2.45) is 5.10 Å². The third kappa shape index (κ3) is 4.67. The number of hydrogen-bond donors (Lipinski definition) is 5. The van der Waals surface area contributed by atoms with E-state index in [0.717, 1.165) is 5.56 Å². The molecular weight excluding hydrogens is 200 g/mol. The number of hydrazine groups is 1. The number of aromatic nitrogens is 1. The molecule has 8 heteroatoms. The Morgan fingerprint density at radius 3 is 2.73 bits per heavy atom. The van der Waals surface area contributed by atoms with Gasteiger partial charge in [0, 0.05) is 17.7 Å². The molecule has 0 bridgehead atoms. The van der Waals surface area contributed by atoms with Crippen molar-refractivity contribution < 1.29 is 10.4 Å². The molecule has 1 heterocycles. The van der Waals surface area contributed by atoms with Gasteiger partial charge in [-0.15, -0.1) is 0 Å². The molecule has 0 radical (unpaired) electrons. The van der Waals surface area contributed by atoms with Gasteiger partial charge in [-0.05, 0) is 17.7 Å². The summed E-state index contributed by atoms with van der Waals surface area (Å²) in [5.74, 6) is -0.384. The lowest BCUT2D eigenvalue weighted by atomic mass is 10.3. The lowest BCUT2D eigenvalue weighted by Gasteiger charge is -2.08. The average Bonchev–Trinajstić information content (AvgIpc) is 2.18. The van der Waals surface area contributed by atoms with Crippen molar-refractivity contribution in [1.82, 2.24) is 21.2 Å². The summed E-state index contributed by atoms with van der Waals surface area (Å²) in [6.45, 7) is 0. The number of hydrogen-bond acceptors (Lipinski definition) is 6. The third-order valence-electron chi connectivity index (χ3n) is 1.31. The molecule has 0 aliphatic heterocycles. The molecule has 0 saturated heterocycles. The average molecular weight is 210 g/mol. The molecule has 1 aromatic heterocycles. The molecule has 0 saturated carbocycles. The van der Waals surface area contributed by atoms with Crippen LogP contribution in [0.25, 0.3) is 0 Å². The molecule has 1 rings (SSSR count). The fourth-order valence-electron chi connectivity index (χ4n) is 0.746. The number of nitrogens with one attached hydrogen (secondary N) is 3. The quantitative estimate of drug-likeness (QED) is 0.261. The van der Waals surface area contributed by atoms with Crippen LogP contribution < -0.4 is 10.9 Å². The topological polar surface area (TPSA) is 117 Å². The summed E-state index contributed by atoms with van der Waals surface area (Å²) < 4.78 is 0. The Morgan fingerprint density at radius 2 is 2.13 bits per heavy atom. The van der Waals surface area contributed by atoms with Gasteiger partial charge in [0.15, 0.2) is 0 Å². The van der Waals surface area contributed by atoms with E-state index in [2.05, 4.69) is 15.5 Å². The van der Waals surface area contributed by atoms with Gasteiger partial charge in [0.05, 0.1) is 6.21 Å². The van der Waals surface area contributed by atoms with Crippen LogP contribution in [0.1, 0.15) is 5.56 Å². The zero-order valence-corrected chi connectivity index (χ0v) is 7.62. The number of rotatable bonds is 3. The molecule has 1 aromatic rings. The van der Waals surface area contributed by atoms with E-state index in [0.29, 0.717) is 0 Å². The fourth-order valence-corrected chi connectivity index (χ4v) is 0.746. The summed E-state index contributed by atoms with van der Waals surface area (Å²) in [7, 11) is 0. The first-order valence-electron chi connectivity index (χ1n) is 3.90. The van der Waals surface area contributed by atoms with E-state index in [4.69, 9.17) is 15.8 Å². The summed E-state index contributed by atoms with van der Waals surface area (Å²) in [5.41, 5.74) is 4.84. The van der Waals surface area contributed by atoms with Crippen LogP contribution in [0.5, 0.6) is 0 Å². The molecule has 0 aliphatic carbocycles. The van der Waals surface area contributed by atoms with Gasteiger partial charge < -0.3 is 0 Å². The van der Waals surface area contributed by atoms with Crippen molar-refractivity contribution in [1.29, 1.82) is 5.41 Å². The van der Waals surface area contributed by atoms with Crippen LogP contribution in [0.3, 0.4) is 0 Å². The molecule has 0 atom stereocenters. The second-order valence-corrected chi connectivity index (χ2v) is 2.43. The van der Waals surface area contributed by atoms with E-state index in [1.54, 1.807) is 24.5 Å². The summed E-state index contributed by atoms with van der Waals surface area (Å²) in [5, 5.41) is 26.9. The van der Waals surface area contributed by atoms with Crippen LogP contribution in [-0.2, 0) is 0 Å². The highest BCUT2D eigenvalue weighted by Gasteiger charge is 1.95. The van der Waals surface area contributed by atoms with Gasteiger partial charge in [0.2, 0.25) is 5.96 Å². The van der Waals surface area contributed by atoms with Crippen LogP contribution in [0.4, 0.5) is 0 Å². The van der Waals surface area contributed by atoms with Gasteiger partial charge in [-0.3, -0.25) is 20.8 Å². The normalized spacial score (nSPS) is 10.6. The molecule has 0 fully saturated rings. The molecule has 0 aromatic carbocycles. The lowest BCUT2D eigenvalue weighted by molar-refractivity contribution is -0.330. The molecule has 15 heavy (non-hydrogen) atoms. The second kappa shape index (κ2) is 5.65. The molecular formula is C7H10N6O2. The minimum atomic E-state index is -0.384. The highest BCUT2D eigenvalue weighted by atomic mass is 16.8. The predicted octanol–water partition coefficient (Wildman–Crippen LogP) is -0.475. The zero-order chi connectivity index (χ0) is 11.1. The summed E-state index contributed by atoms with van der Waals surface area (Å²) in [4.78, 5) is 3.82. The maximum atomic E-state index is 8.28. The molecule has 5 N–H and O–H groups in total. The van der Waals surface area contributed by atoms with Gasteiger partial charge in [-0.1, -0.05) is 0 Å². The number of nitrogens with zero attached hydrogens (tertiary/aromatic N) is 3. The van der Waals surface area contributed by atoms with Crippen molar-refractivity contribution in [3.8, 4) is 0 Å². The largest absolute Gasteiger partial charge is 0.271 e. The highest BCUT2D eigenvalue weighted by Crippen LogP contribution is 1.89. The molecule has 80 valence electrons. The summed E-state index contributed by atoms with van der Waals surface area (Å²) >= 11 is 0. The minimum Gasteiger partial charge on any atom is -0.271 e. The Kier molecular flexibility index (Phi) is 4.16. The van der Waals surface area contributed by atoms with E-state index in [9.17, 15) is 0 Å². The van der Waals surface area contributed by atoms with Crippen LogP contribution in [0.15, 0.2) is 29.6 Å². The van der Waals surface area contributed by atoms with Crippen molar-refractivity contribution in [2.75, 3.05) is 0 Å². The number of hydrazone groups is 1. The van der Waals surface area contributed by atoms with Crippen LogP contribution >= 0.6 is 0 Å². The monoisotopic (exact) mass is 210 g/mol. The van der Waals surface area contributed by atoms with Crippen LogP contribution in [-0.4, -0.2) is 32.9 Å². The molecule has 8 nitrogen and oxygen atoms in total. The Bertz CT molecular complexity index is 339. The highest BCUT2D eigenvalue weighted by molar-refractivity contribution is 5.82. The molecule has 0 aliphatic rings. The van der Waals surface area contributed by atoms with Crippen molar-refractivity contribution in [2.45, 2.75) is 0 Å². The van der Waals surface area contributed by atoms with Crippen molar-refractivity contribution in [3.63, 3.8) is 0 Å². The lowest BCUT2D eigenvalue weighted by Crippen LogP contribution is -2.42. The number of pyridine rings is 1. The maximum Gasteiger partial charge on any atom is 0.227 e. The fraction of sp³-hybridized carbons (Fsp3) is 0. The smallest absolute Gasteiger partial charge is 0.227 e. The van der Waals surface area contributed by atoms with Crippen molar-refractivity contribution >= 4 is 12.2 Å². The molecule has 0 amide bonds. The van der Waals surface area contributed by atoms with Crippen molar-refractivity contribution in [3.05, 3.63) is 30.1 Å². The Morgan fingerprint density at radius 1 is 1.47 bits per heavy atom. The predicted molar refractivity (Wildman–Crippen MR) is 51.2 cm³/mol. The van der Waals surface area contributed by atoms with E-state index >= 15 is 0 Å². The maximum absolute atomic E-state index is 8.28. The van der Waals surface area contributed by atoms with E-state index in [-0.39, 0.29) is 11.3 Å². The standard InChI is InChI=1S/C7H10N6O2/c8-7(12-13(14)15)11-10-5-6-1-3-9-4-2-6/h1-5,14-15H,(H3,8,11,12). The Hall–Kier alpha value is -2.03. The van der Waals surface area contributed by atoms with Gasteiger partial charge in [-0.2, -0.15) is 5.10 Å². The molecule has 0 unspecified atom stereocenters. The summed E-state index contributed by atoms with van der Waals surface area (Å²) in [6, 6.07) is 3.46. The zero-order valence-electron chi connectivity index (χ0n) is 7.62. The van der Waals surface area contributed by atoms with E-state index in [1.165, 1.54) is 6.21 Å². The second-order valence-electron chi connectivity index (χ2n) is 2.43. The Balaban J connectivity index is 2.37. The van der Waals surface area contributed by atoms with Crippen LogP contribution in [0, 0.1) is 5.41 Å². The SMILES string of the molecule is N=C(NN=Cc1ccncc1)NN(O)O. The van der Waals surface area contributed by atoms with Crippen LogP contribution in [0.2, 0.25) is 0 Å². The van der Waals surface area contributed by atoms with E-state index < -0.39 is 0 Å². The Labute approximate surface area is 85.3 Å². The first-order valence-corrected chi connectivity index (χ1v) is 3.90. The minimum absolute atomic E-state index is 0.350.